The average Bonchev–Trinajstić information content (AvgIpc) is 3.26. The minimum atomic E-state index is -0.347. The van der Waals surface area contributed by atoms with E-state index in [0.29, 0.717) is 29.6 Å². The maximum absolute atomic E-state index is 12.3. The van der Waals surface area contributed by atoms with Crippen LogP contribution >= 0.6 is 0 Å². The lowest BCUT2D eigenvalue weighted by Gasteiger charge is -2.15. The topological polar surface area (TPSA) is 92.6 Å². The number of hydrogen-bond donors (Lipinski definition) is 3. The van der Waals surface area contributed by atoms with Crippen molar-refractivity contribution in [3.8, 4) is 5.75 Å². The third kappa shape index (κ3) is 6.64. The second-order valence-electron chi connectivity index (χ2n) is 7.50. The van der Waals surface area contributed by atoms with Gasteiger partial charge in [0.2, 0.25) is 0 Å². The first-order valence-electron chi connectivity index (χ1n) is 10.1. The third-order valence-electron chi connectivity index (χ3n) is 4.58. The molecule has 1 aromatic heterocycles. The SMILES string of the molecule is Cc1ccc(C(C)C)c(OCC(=O)Nc2ccc(NC(=O)NCc3ccco3)cc2)c1. The normalized spacial score (nSPS) is 10.6. The van der Waals surface area contributed by atoms with Crippen molar-refractivity contribution in [1.82, 2.24) is 5.32 Å². The van der Waals surface area contributed by atoms with Crippen molar-refractivity contribution in [3.63, 3.8) is 0 Å². The zero-order chi connectivity index (χ0) is 22.2. The van der Waals surface area contributed by atoms with Crippen molar-refractivity contribution in [2.24, 2.45) is 0 Å². The van der Waals surface area contributed by atoms with Crippen LogP contribution in [-0.4, -0.2) is 18.5 Å². The highest BCUT2D eigenvalue weighted by molar-refractivity contribution is 5.93. The van der Waals surface area contributed by atoms with Crippen LogP contribution in [0.2, 0.25) is 0 Å². The van der Waals surface area contributed by atoms with E-state index in [-0.39, 0.29) is 18.5 Å². The second kappa shape index (κ2) is 10.3. The first kappa shape index (κ1) is 22.0. The smallest absolute Gasteiger partial charge is 0.319 e. The van der Waals surface area contributed by atoms with Crippen LogP contribution in [0, 0.1) is 6.92 Å². The Kier molecular flexibility index (Phi) is 7.32. The molecule has 0 saturated heterocycles. The number of anilines is 2. The lowest BCUT2D eigenvalue weighted by atomic mass is 10.0. The zero-order valence-electron chi connectivity index (χ0n) is 17.9. The molecule has 31 heavy (non-hydrogen) atoms. The summed E-state index contributed by atoms with van der Waals surface area (Å²) in [5, 5.41) is 8.22. The standard InChI is InChI=1S/C24H27N3O4/c1-16(2)21-11-6-17(3)13-22(21)31-15-23(28)26-18-7-9-19(10-8-18)27-24(29)25-14-20-5-4-12-30-20/h4-13,16H,14-15H2,1-3H3,(H,26,28)(H2,25,27,29). The first-order chi connectivity index (χ1) is 14.9. The Morgan fingerprint density at radius 1 is 1.00 bits per heavy atom. The number of carbonyl (C=O) groups excluding carboxylic acids is 2. The van der Waals surface area contributed by atoms with Gasteiger partial charge in [-0.05, 0) is 66.4 Å². The quantitative estimate of drug-likeness (QED) is 0.474. The van der Waals surface area contributed by atoms with Crippen LogP contribution in [0.4, 0.5) is 16.2 Å². The Labute approximate surface area is 181 Å². The van der Waals surface area contributed by atoms with E-state index < -0.39 is 0 Å². The predicted molar refractivity (Wildman–Crippen MR) is 120 cm³/mol. The molecule has 3 N–H and O–H groups in total. The molecule has 0 spiro atoms. The molecular weight excluding hydrogens is 394 g/mol. The fraction of sp³-hybridized carbons (Fsp3) is 0.250. The van der Waals surface area contributed by atoms with Gasteiger partial charge in [0.05, 0.1) is 12.8 Å². The van der Waals surface area contributed by atoms with Crippen LogP contribution < -0.4 is 20.7 Å². The van der Waals surface area contributed by atoms with Gasteiger partial charge in [0.25, 0.3) is 5.91 Å². The summed E-state index contributed by atoms with van der Waals surface area (Å²) in [6, 6.07) is 16.1. The van der Waals surface area contributed by atoms with Crippen molar-refractivity contribution in [2.45, 2.75) is 33.2 Å². The molecule has 3 rings (SSSR count). The summed E-state index contributed by atoms with van der Waals surface area (Å²) in [4.78, 5) is 24.2. The number of furan rings is 1. The van der Waals surface area contributed by atoms with Crippen molar-refractivity contribution in [2.75, 3.05) is 17.2 Å². The summed E-state index contributed by atoms with van der Waals surface area (Å²) in [5.74, 6) is 1.44. The van der Waals surface area contributed by atoms with Crippen LogP contribution in [0.15, 0.2) is 65.3 Å². The molecule has 162 valence electrons. The lowest BCUT2D eigenvalue weighted by Crippen LogP contribution is -2.28. The molecule has 2 aromatic carbocycles. The molecule has 3 amide bonds. The zero-order valence-corrected chi connectivity index (χ0v) is 17.9. The van der Waals surface area contributed by atoms with Crippen LogP contribution in [0.1, 0.15) is 36.7 Å². The van der Waals surface area contributed by atoms with Gasteiger partial charge >= 0.3 is 6.03 Å². The van der Waals surface area contributed by atoms with Crippen molar-refractivity contribution >= 4 is 23.3 Å². The number of aryl methyl sites for hydroxylation is 1. The lowest BCUT2D eigenvalue weighted by molar-refractivity contribution is -0.118. The molecule has 0 bridgehead atoms. The number of carbonyl (C=O) groups is 2. The molecule has 7 heteroatoms. The summed E-state index contributed by atoms with van der Waals surface area (Å²) in [6.07, 6.45) is 1.55. The monoisotopic (exact) mass is 421 g/mol. The van der Waals surface area contributed by atoms with E-state index in [0.717, 1.165) is 16.9 Å². The van der Waals surface area contributed by atoms with Gasteiger partial charge in [-0.1, -0.05) is 26.0 Å². The van der Waals surface area contributed by atoms with E-state index in [1.54, 1.807) is 42.7 Å². The highest BCUT2D eigenvalue weighted by atomic mass is 16.5. The molecular formula is C24H27N3O4. The van der Waals surface area contributed by atoms with Crippen molar-refractivity contribution < 1.29 is 18.7 Å². The number of hydrogen-bond acceptors (Lipinski definition) is 4. The predicted octanol–water partition coefficient (Wildman–Crippen LogP) is 5.05. The molecule has 0 atom stereocenters. The van der Waals surface area contributed by atoms with Crippen LogP contribution in [0.3, 0.4) is 0 Å². The third-order valence-corrected chi connectivity index (χ3v) is 4.58. The Balaban J connectivity index is 1.47. The highest BCUT2D eigenvalue weighted by Crippen LogP contribution is 2.27. The van der Waals surface area contributed by atoms with Gasteiger partial charge < -0.3 is 25.1 Å². The van der Waals surface area contributed by atoms with Gasteiger partial charge in [0.1, 0.15) is 11.5 Å². The number of benzene rings is 2. The summed E-state index contributed by atoms with van der Waals surface area (Å²) >= 11 is 0. The number of rotatable bonds is 8. The molecule has 0 unspecified atom stereocenters. The Hall–Kier alpha value is -3.74. The summed E-state index contributed by atoms with van der Waals surface area (Å²) in [6.45, 7) is 6.38. The molecule has 0 aliphatic heterocycles. The maximum Gasteiger partial charge on any atom is 0.319 e. The Morgan fingerprint density at radius 3 is 2.35 bits per heavy atom. The van der Waals surface area contributed by atoms with Crippen molar-refractivity contribution in [3.05, 3.63) is 77.7 Å². The van der Waals surface area contributed by atoms with Gasteiger partial charge in [0, 0.05) is 11.4 Å². The highest BCUT2D eigenvalue weighted by Gasteiger charge is 2.11. The molecule has 3 aromatic rings. The van der Waals surface area contributed by atoms with Gasteiger partial charge in [0.15, 0.2) is 6.61 Å². The molecule has 0 fully saturated rings. The minimum Gasteiger partial charge on any atom is -0.483 e. The van der Waals surface area contributed by atoms with E-state index in [9.17, 15) is 9.59 Å². The van der Waals surface area contributed by atoms with Gasteiger partial charge in [-0.3, -0.25) is 4.79 Å². The largest absolute Gasteiger partial charge is 0.483 e. The number of amides is 3. The molecule has 0 aliphatic rings. The second-order valence-corrected chi connectivity index (χ2v) is 7.50. The molecule has 1 heterocycles. The van der Waals surface area contributed by atoms with Crippen LogP contribution in [0.25, 0.3) is 0 Å². The fourth-order valence-corrected chi connectivity index (χ4v) is 2.98. The van der Waals surface area contributed by atoms with Gasteiger partial charge in [-0.2, -0.15) is 0 Å². The Morgan fingerprint density at radius 2 is 1.71 bits per heavy atom. The minimum absolute atomic E-state index is 0.0850. The molecule has 0 aliphatic carbocycles. The van der Waals surface area contributed by atoms with E-state index in [2.05, 4.69) is 29.8 Å². The fourth-order valence-electron chi connectivity index (χ4n) is 2.98. The summed E-state index contributed by atoms with van der Waals surface area (Å²) < 4.78 is 10.9. The number of ether oxygens (including phenoxy) is 1. The number of urea groups is 1. The summed E-state index contributed by atoms with van der Waals surface area (Å²) in [7, 11) is 0. The van der Waals surface area contributed by atoms with Crippen molar-refractivity contribution in [1.29, 1.82) is 0 Å². The van der Waals surface area contributed by atoms with Crippen LogP contribution in [-0.2, 0) is 11.3 Å². The summed E-state index contributed by atoms with van der Waals surface area (Å²) in [5.41, 5.74) is 3.37. The maximum atomic E-state index is 12.3. The van der Waals surface area contributed by atoms with E-state index >= 15 is 0 Å². The van der Waals surface area contributed by atoms with E-state index in [1.807, 2.05) is 25.1 Å². The van der Waals surface area contributed by atoms with E-state index in [4.69, 9.17) is 9.15 Å². The van der Waals surface area contributed by atoms with E-state index in [1.165, 1.54) is 0 Å². The first-order valence-corrected chi connectivity index (χ1v) is 10.1. The van der Waals surface area contributed by atoms with Gasteiger partial charge in [-0.15, -0.1) is 0 Å². The molecule has 0 saturated carbocycles. The Bertz CT molecular complexity index is 1010. The number of nitrogens with one attached hydrogen (secondary N) is 3. The van der Waals surface area contributed by atoms with Crippen LogP contribution in [0.5, 0.6) is 5.75 Å². The van der Waals surface area contributed by atoms with Gasteiger partial charge in [-0.25, -0.2) is 4.79 Å². The molecule has 7 nitrogen and oxygen atoms in total. The molecule has 0 radical (unpaired) electrons. The average molecular weight is 421 g/mol.